The summed E-state index contributed by atoms with van der Waals surface area (Å²) in [6.07, 6.45) is 1.12. The van der Waals surface area contributed by atoms with Crippen LogP contribution < -0.4 is 10.1 Å². The summed E-state index contributed by atoms with van der Waals surface area (Å²) in [5.74, 6) is 1.49. The molecule has 1 atom stereocenters. The lowest BCUT2D eigenvalue weighted by molar-refractivity contribution is -0.0504. The maximum absolute atomic E-state index is 12.6. The van der Waals surface area contributed by atoms with Gasteiger partial charge in [0, 0.05) is 43.8 Å². The fourth-order valence-corrected chi connectivity index (χ4v) is 3.62. The minimum Gasteiger partial charge on any atom is -0.434 e. The monoisotopic (exact) mass is 402 g/mol. The van der Waals surface area contributed by atoms with Crippen molar-refractivity contribution in [2.75, 3.05) is 39.8 Å². The van der Waals surface area contributed by atoms with E-state index >= 15 is 0 Å². The third-order valence-electron chi connectivity index (χ3n) is 4.88. The Hall–Kier alpha value is -1.60. The van der Waals surface area contributed by atoms with Crippen molar-refractivity contribution in [2.24, 2.45) is 10.9 Å². The Bertz CT molecular complexity index is 626. The van der Waals surface area contributed by atoms with Crippen molar-refractivity contribution >= 4 is 17.6 Å². The molecule has 1 aromatic rings. The molecule has 1 aliphatic heterocycles. The number of nitrogens with zero attached hydrogens (tertiary/aromatic N) is 3. The molecule has 27 heavy (non-hydrogen) atoms. The van der Waals surface area contributed by atoms with Gasteiger partial charge in [-0.25, -0.2) is 0 Å². The van der Waals surface area contributed by atoms with Crippen LogP contribution in [-0.4, -0.2) is 62.1 Å². The third-order valence-corrected chi connectivity index (χ3v) is 5.12. The topological polar surface area (TPSA) is 40.1 Å². The number of ether oxygens (including phenoxy) is 1. The molecule has 2 rings (SSSR count). The summed E-state index contributed by atoms with van der Waals surface area (Å²) < 4.78 is 29.8. The molecular formula is C19H29ClF2N4O. The quantitative estimate of drug-likeness (QED) is 0.532. The van der Waals surface area contributed by atoms with Gasteiger partial charge in [-0.2, -0.15) is 8.78 Å². The molecule has 0 saturated carbocycles. The second-order valence-electron chi connectivity index (χ2n) is 6.62. The highest BCUT2D eigenvalue weighted by Gasteiger charge is 2.26. The van der Waals surface area contributed by atoms with Crippen molar-refractivity contribution in [3.8, 4) is 5.75 Å². The number of hydrogen-bond acceptors (Lipinski definition) is 3. The summed E-state index contributed by atoms with van der Waals surface area (Å²) in [5.41, 5.74) is 0.572. The van der Waals surface area contributed by atoms with Crippen molar-refractivity contribution in [3.05, 3.63) is 28.8 Å². The summed E-state index contributed by atoms with van der Waals surface area (Å²) in [4.78, 5) is 9.00. The number of alkyl halides is 2. The normalized spacial score (nSPS) is 17.9. The fraction of sp³-hybridized carbons (Fsp3) is 0.632. The molecule has 1 saturated heterocycles. The number of benzene rings is 1. The lowest BCUT2D eigenvalue weighted by Crippen LogP contribution is -2.40. The average Bonchev–Trinajstić information content (AvgIpc) is 3.10. The molecule has 152 valence electrons. The van der Waals surface area contributed by atoms with E-state index in [0.29, 0.717) is 23.0 Å². The molecule has 0 spiro atoms. The Morgan fingerprint density at radius 3 is 2.78 bits per heavy atom. The number of aliphatic imine (C=N–C) groups is 1. The highest BCUT2D eigenvalue weighted by molar-refractivity contribution is 6.30. The minimum absolute atomic E-state index is 0.123. The molecule has 8 heteroatoms. The molecule has 0 bridgehead atoms. The second-order valence-corrected chi connectivity index (χ2v) is 7.05. The van der Waals surface area contributed by atoms with Gasteiger partial charge in [-0.1, -0.05) is 25.4 Å². The first kappa shape index (κ1) is 21.7. The number of halogens is 3. The van der Waals surface area contributed by atoms with Gasteiger partial charge < -0.3 is 19.9 Å². The predicted octanol–water partition coefficient (Wildman–Crippen LogP) is 3.68. The van der Waals surface area contributed by atoms with E-state index < -0.39 is 6.61 Å². The van der Waals surface area contributed by atoms with Crippen LogP contribution in [0.4, 0.5) is 8.78 Å². The maximum atomic E-state index is 12.6. The maximum Gasteiger partial charge on any atom is 0.387 e. The molecule has 1 aromatic carbocycles. The van der Waals surface area contributed by atoms with Crippen LogP contribution in [0.15, 0.2) is 23.2 Å². The number of likely N-dealkylation sites (tertiary alicyclic amines) is 1. The third kappa shape index (κ3) is 6.50. The summed E-state index contributed by atoms with van der Waals surface area (Å²) >= 11 is 6.01. The lowest BCUT2D eigenvalue weighted by Gasteiger charge is -2.24. The Balaban J connectivity index is 1.96. The number of rotatable bonds is 8. The molecule has 0 radical (unpaired) electrons. The summed E-state index contributed by atoms with van der Waals surface area (Å²) in [7, 11) is 1.73. The summed E-state index contributed by atoms with van der Waals surface area (Å²) in [5, 5.41) is 3.72. The molecular weight excluding hydrogens is 374 g/mol. The SMILES string of the molecule is CCN(CC)CC1CCN(C(=NC)NCc2cc(Cl)ccc2OC(F)F)C1. The van der Waals surface area contributed by atoms with Gasteiger partial charge >= 0.3 is 6.61 Å². The Kier molecular flexibility index (Phi) is 8.57. The van der Waals surface area contributed by atoms with Gasteiger partial charge in [0.05, 0.1) is 0 Å². The predicted molar refractivity (Wildman–Crippen MR) is 106 cm³/mol. The van der Waals surface area contributed by atoms with Gasteiger partial charge in [0.15, 0.2) is 5.96 Å². The van der Waals surface area contributed by atoms with E-state index in [1.165, 1.54) is 12.1 Å². The zero-order chi connectivity index (χ0) is 19.8. The molecule has 1 unspecified atom stereocenters. The highest BCUT2D eigenvalue weighted by Crippen LogP contribution is 2.25. The van der Waals surface area contributed by atoms with Crippen LogP contribution in [0.25, 0.3) is 0 Å². The minimum atomic E-state index is -2.87. The van der Waals surface area contributed by atoms with Crippen molar-refractivity contribution in [1.82, 2.24) is 15.1 Å². The summed E-state index contributed by atoms with van der Waals surface area (Å²) in [6, 6.07) is 4.63. The first-order chi connectivity index (χ1) is 13.0. The molecule has 0 aliphatic carbocycles. The van der Waals surface area contributed by atoms with Gasteiger partial charge in [0.1, 0.15) is 5.75 Å². The van der Waals surface area contributed by atoms with Crippen molar-refractivity contribution in [1.29, 1.82) is 0 Å². The fourth-order valence-electron chi connectivity index (χ4n) is 3.42. The van der Waals surface area contributed by atoms with E-state index in [0.717, 1.165) is 45.1 Å². The standard InChI is InChI=1S/C19H29ClF2N4O/c1-4-25(5-2)12-14-8-9-26(13-14)19(23-3)24-11-15-10-16(20)6-7-17(15)27-18(21)22/h6-7,10,14,18H,4-5,8-9,11-13H2,1-3H3,(H,23,24). The zero-order valence-corrected chi connectivity index (χ0v) is 17.0. The van der Waals surface area contributed by atoms with Crippen LogP contribution in [0.3, 0.4) is 0 Å². The van der Waals surface area contributed by atoms with E-state index in [4.69, 9.17) is 11.6 Å². The highest BCUT2D eigenvalue weighted by atomic mass is 35.5. The molecule has 5 nitrogen and oxygen atoms in total. The van der Waals surface area contributed by atoms with Gasteiger partial charge in [0.2, 0.25) is 0 Å². The number of hydrogen-bond donors (Lipinski definition) is 1. The van der Waals surface area contributed by atoms with E-state index in [1.807, 2.05) is 0 Å². The lowest BCUT2D eigenvalue weighted by atomic mass is 10.1. The Labute approximate surface area is 165 Å². The molecule has 0 aromatic heterocycles. The van der Waals surface area contributed by atoms with Crippen LogP contribution >= 0.6 is 11.6 Å². The zero-order valence-electron chi connectivity index (χ0n) is 16.2. The van der Waals surface area contributed by atoms with E-state index in [9.17, 15) is 8.78 Å². The van der Waals surface area contributed by atoms with Gasteiger partial charge in [0.25, 0.3) is 0 Å². The van der Waals surface area contributed by atoms with Crippen LogP contribution in [0, 0.1) is 5.92 Å². The van der Waals surface area contributed by atoms with Crippen molar-refractivity contribution in [2.45, 2.75) is 33.4 Å². The largest absolute Gasteiger partial charge is 0.434 e. The first-order valence-corrected chi connectivity index (χ1v) is 9.75. The first-order valence-electron chi connectivity index (χ1n) is 9.37. The average molecular weight is 403 g/mol. The van der Waals surface area contributed by atoms with Gasteiger partial charge in [-0.15, -0.1) is 0 Å². The van der Waals surface area contributed by atoms with Gasteiger partial charge in [-0.3, -0.25) is 4.99 Å². The van der Waals surface area contributed by atoms with E-state index in [-0.39, 0.29) is 5.75 Å². The number of nitrogens with one attached hydrogen (secondary N) is 1. The van der Waals surface area contributed by atoms with Crippen LogP contribution in [0.2, 0.25) is 5.02 Å². The van der Waals surface area contributed by atoms with Crippen molar-refractivity contribution in [3.63, 3.8) is 0 Å². The van der Waals surface area contributed by atoms with E-state index in [2.05, 4.69) is 38.7 Å². The van der Waals surface area contributed by atoms with E-state index in [1.54, 1.807) is 13.1 Å². The number of guanidine groups is 1. The summed E-state index contributed by atoms with van der Waals surface area (Å²) in [6.45, 7) is 6.87. The Morgan fingerprint density at radius 2 is 2.15 bits per heavy atom. The molecule has 1 aliphatic rings. The molecule has 1 heterocycles. The van der Waals surface area contributed by atoms with Crippen LogP contribution in [0.5, 0.6) is 5.75 Å². The molecule has 1 N–H and O–H groups in total. The van der Waals surface area contributed by atoms with Crippen LogP contribution in [0.1, 0.15) is 25.8 Å². The van der Waals surface area contributed by atoms with Crippen LogP contribution in [-0.2, 0) is 6.54 Å². The molecule has 1 fully saturated rings. The second kappa shape index (κ2) is 10.7. The smallest absolute Gasteiger partial charge is 0.387 e. The Morgan fingerprint density at radius 1 is 1.41 bits per heavy atom. The van der Waals surface area contributed by atoms with Gasteiger partial charge in [-0.05, 0) is 43.6 Å². The van der Waals surface area contributed by atoms with Crippen molar-refractivity contribution < 1.29 is 13.5 Å². The molecule has 0 amide bonds.